The molecular weight excluding hydrogens is 168 g/mol. The van der Waals surface area contributed by atoms with Crippen LogP contribution in [0, 0.1) is 14.0 Å². The van der Waals surface area contributed by atoms with Crippen molar-refractivity contribution in [2.24, 2.45) is 0 Å². The van der Waals surface area contributed by atoms with Crippen molar-refractivity contribution in [1.29, 1.82) is 0 Å². The Balaban J connectivity index is 2.61. The van der Waals surface area contributed by atoms with E-state index in [1.54, 1.807) is 12.1 Å². The van der Waals surface area contributed by atoms with Crippen LogP contribution in [0.5, 0.6) is 0 Å². The second kappa shape index (κ2) is 4.62. The molecule has 1 aromatic carbocycles. The lowest BCUT2D eigenvalue weighted by Gasteiger charge is -2.02. The van der Waals surface area contributed by atoms with Gasteiger partial charge in [0.05, 0.1) is 12.7 Å². The van der Waals surface area contributed by atoms with Crippen molar-refractivity contribution in [2.45, 2.75) is 6.92 Å². The summed E-state index contributed by atoms with van der Waals surface area (Å²) in [6, 6.07) is 7.12. The van der Waals surface area contributed by atoms with Crippen LogP contribution in [-0.4, -0.2) is 12.8 Å². The van der Waals surface area contributed by atoms with Crippen LogP contribution < -0.4 is 0 Å². The summed E-state index contributed by atoms with van der Waals surface area (Å²) in [4.78, 5) is 11.2. The van der Waals surface area contributed by atoms with Gasteiger partial charge in [0.1, 0.15) is 0 Å². The minimum Gasteiger partial charge on any atom is -0.435 e. The Morgan fingerprint density at radius 2 is 2.00 bits per heavy atom. The minimum absolute atomic E-state index is 0.118. The third-order valence-electron chi connectivity index (χ3n) is 1.56. The Bertz CT molecular complexity index is 277. The smallest absolute Gasteiger partial charge is 0.340 e. The molecule has 0 amide bonds. The van der Waals surface area contributed by atoms with E-state index in [1.807, 2.05) is 19.1 Å². The first-order valence-corrected chi connectivity index (χ1v) is 3.85. The summed E-state index contributed by atoms with van der Waals surface area (Å²) in [7, 11) is 3.09. The van der Waals surface area contributed by atoms with Crippen LogP contribution in [0.2, 0.25) is 0 Å². The van der Waals surface area contributed by atoms with Gasteiger partial charge in [-0.15, -0.1) is 0 Å². The van der Waals surface area contributed by atoms with Gasteiger partial charge in [-0.25, -0.2) is 4.79 Å². The van der Waals surface area contributed by atoms with Crippen LogP contribution >= 0.6 is 0 Å². The lowest BCUT2D eigenvalue weighted by Crippen LogP contribution is -2.06. The molecule has 0 aromatic heterocycles. The van der Waals surface area contributed by atoms with Gasteiger partial charge in [-0.3, -0.25) is 0 Å². The minimum atomic E-state index is -0.399. The van der Waals surface area contributed by atoms with Gasteiger partial charge >= 0.3 is 5.97 Å². The zero-order valence-electron chi connectivity index (χ0n) is 7.45. The molecule has 1 rings (SSSR count). The van der Waals surface area contributed by atoms with E-state index in [4.69, 9.17) is 4.74 Å². The van der Waals surface area contributed by atoms with E-state index in [2.05, 4.69) is 11.8 Å². The van der Waals surface area contributed by atoms with E-state index in [0.717, 1.165) is 5.56 Å². The maximum absolute atomic E-state index is 11.2. The molecule has 0 aliphatic carbocycles. The molecule has 0 fully saturated rings. The fourth-order valence-electron chi connectivity index (χ4n) is 0.868. The van der Waals surface area contributed by atoms with Gasteiger partial charge in [-0.2, -0.15) is 0 Å². The fraction of sp³-hybridized carbons (Fsp3) is 0.200. The number of carbonyl (C=O) groups excluding carboxylic acids is 1. The van der Waals surface area contributed by atoms with Crippen LogP contribution in [-0.2, 0) is 9.47 Å². The highest BCUT2D eigenvalue weighted by molar-refractivity contribution is 5.89. The first-order chi connectivity index (χ1) is 6.24. The molecule has 0 heterocycles. The van der Waals surface area contributed by atoms with E-state index in [-0.39, 0.29) is 6.79 Å². The van der Waals surface area contributed by atoms with Crippen molar-refractivity contribution in [3.8, 4) is 0 Å². The molecule has 0 spiro atoms. The molecule has 3 nitrogen and oxygen atoms in total. The number of hydrogen-bond acceptors (Lipinski definition) is 3. The number of benzene rings is 1. The van der Waals surface area contributed by atoms with Crippen molar-refractivity contribution in [3.63, 3.8) is 0 Å². The van der Waals surface area contributed by atoms with Crippen LogP contribution in [0.3, 0.4) is 0 Å². The molecule has 3 heteroatoms. The molecular formula is C10H11O3. The van der Waals surface area contributed by atoms with Gasteiger partial charge in [-0.05, 0) is 19.1 Å². The number of ether oxygens (including phenoxy) is 2. The quantitative estimate of drug-likeness (QED) is 0.525. The monoisotopic (exact) mass is 179 g/mol. The number of esters is 1. The second-order valence-electron chi connectivity index (χ2n) is 2.62. The molecule has 13 heavy (non-hydrogen) atoms. The van der Waals surface area contributed by atoms with E-state index < -0.39 is 5.97 Å². The molecule has 1 radical (unpaired) electrons. The number of hydrogen-bond donors (Lipinski definition) is 0. The van der Waals surface area contributed by atoms with Crippen LogP contribution in [0.4, 0.5) is 0 Å². The fourth-order valence-corrected chi connectivity index (χ4v) is 0.868. The average molecular weight is 179 g/mol. The molecule has 0 aliphatic heterocycles. The van der Waals surface area contributed by atoms with Gasteiger partial charge in [-0.1, -0.05) is 17.7 Å². The topological polar surface area (TPSA) is 35.5 Å². The molecule has 0 atom stereocenters. The van der Waals surface area contributed by atoms with Gasteiger partial charge in [0.15, 0.2) is 6.79 Å². The van der Waals surface area contributed by atoms with Crippen LogP contribution in [0.25, 0.3) is 0 Å². The first kappa shape index (κ1) is 9.74. The number of carbonyl (C=O) groups is 1. The van der Waals surface area contributed by atoms with E-state index in [1.165, 1.54) is 0 Å². The lowest BCUT2D eigenvalue weighted by atomic mass is 10.2. The van der Waals surface area contributed by atoms with Gasteiger partial charge in [0, 0.05) is 0 Å². The standard InChI is InChI=1S/C10H11O3/c1-8-3-5-9(6-4-8)10(11)13-7-12-2/h3-6H,2,7H2,1H3. The maximum Gasteiger partial charge on any atom is 0.340 e. The normalized spacial score (nSPS) is 9.69. The molecule has 0 unspecified atom stereocenters. The van der Waals surface area contributed by atoms with Crippen molar-refractivity contribution in [2.75, 3.05) is 6.79 Å². The molecule has 69 valence electrons. The van der Waals surface area contributed by atoms with Crippen molar-refractivity contribution in [3.05, 3.63) is 42.5 Å². The predicted octanol–water partition coefficient (Wildman–Crippen LogP) is 1.92. The molecule has 0 saturated carbocycles. The largest absolute Gasteiger partial charge is 0.435 e. The summed E-state index contributed by atoms with van der Waals surface area (Å²) in [6.45, 7) is 1.83. The Hall–Kier alpha value is -1.35. The summed E-state index contributed by atoms with van der Waals surface area (Å²) in [5.74, 6) is -0.399. The predicted molar refractivity (Wildman–Crippen MR) is 47.9 cm³/mol. The Labute approximate surface area is 77.3 Å². The molecule has 0 aliphatic rings. The SMILES string of the molecule is [CH2]OCOC(=O)c1ccc(C)cc1. The maximum atomic E-state index is 11.2. The molecule has 0 bridgehead atoms. The Kier molecular flexibility index (Phi) is 3.46. The number of rotatable bonds is 3. The average Bonchev–Trinajstić information content (AvgIpc) is 2.15. The van der Waals surface area contributed by atoms with Gasteiger partial charge in [0.25, 0.3) is 0 Å². The third-order valence-corrected chi connectivity index (χ3v) is 1.56. The highest BCUT2D eigenvalue weighted by Crippen LogP contribution is 2.04. The lowest BCUT2D eigenvalue weighted by molar-refractivity contribution is -0.00126. The van der Waals surface area contributed by atoms with Gasteiger partial charge in [0.2, 0.25) is 0 Å². The van der Waals surface area contributed by atoms with Crippen molar-refractivity contribution >= 4 is 5.97 Å². The van der Waals surface area contributed by atoms with Crippen LogP contribution in [0.1, 0.15) is 15.9 Å². The Morgan fingerprint density at radius 1 is 1.38 bits per heavy atom. The van der Waals surface area contributed by atoms with E-state index in [9.17, 15) is 4.79 Å². The summed E-state index contributed by atoms with van der Waals surface area (Å²) in [6.07, 6.45) is 0. The highest BCUT2D eigenvalue weighted by Gasteiger charge is 2.04. The van der Waals surface area contributed by atoms with Crippen molar-refractivity contribution < 1.29 is 14.3 Å². The highest BCUT2D eigenvalue weighted by atomic mass is 16.7. The van der Waals surface area contributed by atoms with Crippen LogP contribution in [0.15, 0.2) is 24.3 Å². The van der Waals surface area contributed by atoms with E-state index >= 15 is 0 Å². The van der Waals surface area contributed by atoms with E-state index in [0.29, 0.717) is 5.56 Å². The summed E-state index contributed by atoms with van der Waals surface area (Å²) in [5.41, 5.74) is 1.62. The Morgan fingerprint density at radius 3 is 2.54 bits per heavy atom. The molecule has 0 N–H and O–H groups in total. The summed E-state index contributed by atoms with van der Waals surface area (Å²) >= 11 is 0. The molecule has 0 saturated heterocycles. The van der Waals surface area contributed by atoms with Gasteiger partial charge < -0.3 is 9.47 Å². The second-order valence-corrected chi connectivity index (χ2v) is 2.62. The molecule has 1 aromatic rings. The third kappa shape index (κ3) is 2.87. The van der Waals surface area contributed by atoms with Crippen molar-refractivity contribution in [1.82, 2.24) is 0 Å². The zero-order chi connectivity index (χ0) is 9.68. The first-order valence-electron chi connectivity index (χ1n) is 3.85. The summed E-state index contributed by atoms with van der Waals surface area (Å²) in [5, 5.41) is 0. The summed E-state index contributed by atoms with van der Waals surface area (Å²) < 4.78 is 9.06. The zero-order valence-corrected chi connectivity index (χ0v) is 7.45. The number of aryl methyl sites for hydroxylation is 1.